The van der Waals surface area contributed by atoms with Crippen LogP contribution in [0, 0.1) is 29.6 Å². The predicted octanol–water partition coefficient (Wildman–Crippen LogP) is 6.09. The lowest BCUT2D eigenvalue weighted by molar-refractivity contribution is -0.144. The van der Waals surface area contributed by atoms with Crippen molar-refractivity contribution in [2.24, 2.45) is 29.6 Å². The van der Waals surface area contributed by atoms with Crippen LogP contribution in [0.25, 0.3) is 17.2 Å². The van der Waals surface area contributed by atoms with Crippen LogP contribution in [0.2, 0.25) is 0 Å². The first kappa shape index (κ1) is 20.8. The summed E-state index contributed by atoms with van der Waals surface area (Å²) in [5, 5.41) is 0. The van der Waals surface area contributed by atoms with E-state index in [1.807, 2.05) is 43.5 Å². The largest absolute Gasteiger partial charge is 0.462 e. The quantitative estimate of drug-likeness (QED) is 0.563. The van der Waals surface area contributed by atoms with Crippen LogP contribution in [0.4, 0.5) is 4.39 Å². The number of fused-ring (bicyclic) bond motifs is 1. The number of aromatic nitrogens is 1. The molecular weight excluding hydrogens is 377 g/mol. The number of halogens is 1. The number of rotatable bonds is 5. The van der Waals surface area contributed by atoms with E-state index in [4.69, 9.17) is 4.74 Å². The van der Waals surface area contributed by atoms with Gasteiger partial charge in [-0.25, -0.2) is 4.39 Å². The average Bonchev–Trinajstić information content (AvgIpc) is 3.05. The van der Waals surface area contributed by atoms with Crippen molar-refractivity contribution in [2.75, 3.05) is 0 Å². The Morgan fingerprint density at radius 1 is 1.20 bits per heavy atom. The van der Waals surface area contributed by atoms with Gasteiger partial charge < -0.3 is 4.74 Å². The Morgan fingerprint density at radius 2 is 2.03 bits per heavy atom. The molecule has 1 aromatic heterocycles. The van der Waals surface area contributed by atoms with E-state index in [1.165, 1.54) is 0 Å². The summed E-state index contributed by atoms with van der Waals surface area (Å²) in [6.07, 6.45) is 8.17. The second kappa shape index (κ2) is 8.71. The second-order valence-corrected chi connectivity index (χ2v) is 8.85. The third-order valence-corrected chi connectivity index (χ3v) is 7.07. The Bertz CT molecular complexity index is 923. The molecule has 0 N–H and O–H groups in total. The molecule has 1 aliphatic carbocycles. The van der Waals surface area contributed by atoms with E-state index in [-0.39, 0.29) is 23.9 Å². The van der Waals surface area contributed by atoms with Gasteiger partial charge >= 0.3 is 5.97 Å². The van der Waals surface area contributed by atoms with Crippen LogP contribution in [0.15, 0.2) is 48.7 Å². The number of esters is 1. The van der Waals surface area contributed by atoms with Gasteiger partial charge in [0, 0.05) is 17.7 Å². The Labute approximate surface area is 178 Å². The number of carbonyl (C=O) groups is 1. The van der Waals surface area contributed by atoms with Crippen LogP contribution >= 0.6 is 0 Å². The number of hydrogen-bond donors (Lipinski definition) is 0. The Hall–Kier alpha value is -2.49. The fourth-order valence-electron chi connectivity index (χ4n) is 5.57. The van der Waals surface area contributed by atoms with E-state index in [2.05, 4.69) is 31.0 Å². The van der Waals surface area contributed by atoms with Gasteiger partial charge in [0.15, 0.2) is 0 Å². The molecule has 0 radical (unpaired) electrons. The topological polar surface area (TPSA) is 39.2 Å². The van der Waals surface area contributed by atoms with Gasteiger partial charge in [0.2, 0.25) is 0 Å². The molecule has 3 nitrogen and oxygen atoms in total. The van der Waals surface area contributed by atoms with E-state index in [0.717, 1.165) is 29.7 Å². The normalized spacial score (nSPS) is 31.0. The zero-order chi connectivity index (χ0) is 21.3. The molecular formula is C26H30FNO2. The number of pyridine rings is 1. The van der Waals surface area contributed by atoms with E-state index < -0.39 is 6.67 Å². The van der Waals surface area contributed by atoms with Crippen LogP contribution in [0.3, 0.4) is 0 Å². The van der Waals surface area contributed by atoms with Gasteiger partial charge in [-0.1, -0.05) is 50.6 Å². The summed E-state index contributed by atoms with van der Waals surface area (Å²) in [7, 11) is 0. The molecule has 1 aliphatic heterocycles. The van der Waals surface area contributed by atoms with Gasteiger partial charge in [-0.2, -0.15) is 0 Å². The third kappa shape index (κ3) is 3.92. The highest BCUT2D eigenvalue weighted by Crippen LogP contribution is 2.50. The van der Waals surface area contributed by atoms with Crippen molar-refractivity contribution in [2.45, 2.75) is 46.4 Å². The SMILES string of the molecule is CC[C@H]1[C@H](/C=C/c2ccc(-c3cccc(CF)c3)cn2)[C@@H]2[C@@H](C)OC(=O)[C@@H]2C[C@@H]1C. The first-order valence-corrected chi connectivity index (χ1v) is 11.0. The minimum absolute atomic E-state index is 0.0190. The molecule has 4 heteroatoms. The first-order valence-electron chi connectivity index (χ1n) is 11.0. The van der Waals surface area contributed by atoms with Crippen LogP contribution < -0.4 is 0 Å². The van der Waals surface area contributed by atoms with Gasteiger partial charge in [0.05, 0.1) is 11.6 Å². The van der Waals surface area contributed by atoms with Crippen LogP contribution in [-0.4, -0.2) is 17.1 Å². The monoisotopic (exact) mass is 407 g/mol. The van der Waals surface area contributed by atoms with Gasteiger partial charge in [0.1, 0.15) is 12.8 Å². The molecule has 1 aromatic carbocycles. The van der Waals surface area contributed by atoms with Crippen molar-refractivity contribution in [3.8, 4) is 11.1 Å². The summed E-state index contributed by atoms with van der Waals surface area (Å²) >= 11 is 0. The van der Waals surface area contributed by atoms with Gasteiger partial charge in [-0.05, 0) is 60.4 Å². The molecule has 0 unspecified atom stereocenters. The van der Waals surface area contributed by atoms with Crippen molar-refractivity contribution >= 4 is 12.0 Å². The van der Waals surface area contributed by atoms with Crippen molar-refractivity contribution in [3.05, 3.63) is 59.9 Å². The number of alkyl halides is 1. The number of cyclic esters (lactones) is 1. The van der Waals surface area contributed by atoms with Gasteiger partial charge in [-0.15, -0.1) is 0 Å². The number of hydrogen-bond acceptors (Lipinski definition) is 3. The van der Waals surface area contributed by atoms with Crippen LogP contribution in [0.5, 0.6) is 0 Å². The third-order valence-electron chi connectivity index (χ3n) is 7.07. The van der Waals surface area contributed by atoms with E-state index in [9.17, 15) is 9.18 Å². The number of benzene rings is 1. The molecule has 2 aliphatic rings. The molecule has 2 aromatic rings. The molecule has 2 fully saturated rings. The van der Waals surface area contributed by atoms with Crippen molar-refractivity contribution in [1.29, 1.82) is 0 Å². The highest BCUT2D eigenvalue weighted by atomic mass is 19.1. The zero-order valence-corrected chi connectivity index (χ0v) is 17.9. The maximum absolute atomic E-state index is 12.9. The summed E-state index contributed by atoms with van der Waals surface area (Å²) in [6, 6.07) is 11.5. The summed E-state index contributed by atoms with van der Waals surface area (Å²) < 4.78 is 18.5. The minimum atomic E-state index is -0.465. The molecule has 158 valence electrons. The van der Waals surface area contributed by atoms with Crippen molar-refractivity contribution < 1.29 is 13.9 Å². The molecule has 6 atom stereocenters. The number of carbonyl (C=O) groups excluding carboxylic acids is 1. The summed E-state index contributed by atoms with van der Waals surface area (Å²) in [5.74, 6) is 1.60. The number of nitrogens with zero attached hydrogens (tertiary/aromatic N) is 1. The maximum Gasteiger partial charge on any atom is 0.309 e. The van der Waals surface area contributed by atoms with E-state index in [1.54, 1.807) is 6.07 Å². The molecule has 30 heavy (non-hydrogen) atoms. The van der Waals surface area contributed by atoms with E-state index in [0.29, 0.717) is 23.3 Å². The molecule has 0 bridgehead atoms. The lowest BCUT2D eigenvalue weighted by Crippen LogP contribution is -2.40. The Kier molecular flexibility index (Phi) is 6.03. The zero-order valence-electron chi connectivity index (χ0n) is 17.9. The second-order valence-electron chi connectivity index (χ2n) is 8.85. The summed E-state index contributed by atoms with van der Waals surface area (Å²) in [6.45, 7) is 6.07. The molecule has 0 spiro atoms. The molecule has 4 rings (SSSR count). The standard InChI is InChI=1S/C26H30FNO2/c1-4-22-16(2)12-24-25(17(3)30-26(24)29)23(22)11-10-21-9-8-20(15-28-21)19-7-5-6-18(13-19)14-27/h5-11,13,15-17,22-25H,4,12,14H2,1-3H3/b11-10+/t16-,17+,22+,23-,24+,25-/m0/s1. The lowest BCUT2D eigenvalue weighted by atomic mass is 9.61. The first-order chi connectivity index (χ1) is 14.5. The highest BCUT2D eigenvalue weighted by Gasteiger charge is 2.52. The smallest absolute Gasteiger partial charge is 0.309 e. The summed E-state index contributed by atoms with van der Waals surface area (Å²) in [4.78, 5) is 16.9. The number of ether oxygens (including phenoxy) is 1. The van der Waals surface area contributed by atoms with Crippen LogP contribution in [-0.2, 0) is 16.2 Å². The number of allylic oxidation sites excluding steroid dienone is 1. The molecule has 0 amide bonds. The lowest BCUT2D eigenvalue weighted by Gasteiger charge is -2.41. The van der Waals surface area contributed by atoms with Crippen molar-refractivity contribution in [1.82, 2.24) is 4.98 Å². The van der Waals surface area contributed by atoms with Crippen LogP contribution in [0.1, 0.15) is 44.9 Å². The predicted molar refractivity (Wildman–Crippen MR) is 117 cm³/mol. The average molecular weight is 408 g/mol. The molecule has 1 saturated carbocycles. The summed E-state index contributed by atoms with van der Waals surface area (Å²) in [5.41, 5.74) is 3.51. The Balaban J connectivity index is 1.56. The highest BCUT2D eigenvalue weighted by molar-refractivity contribution is 5.75. The van der Waals surface area contributed by atoms with E-state index >= 15 is 0 Å². The Morgan fingerprint density at radius 3 is 2.73 bits per heavy atom. The van der Waals surface area contributed by atoms with Gasteiger partial charge in [-0.3, -0.25) is 9.78 Å². The fourth-order valence-corrected chi connectivity index (χ4v) is 5.57. The van der Waals surface area contributed by atoms with Gasteiger partial charge in [0.25, 0.3) is 0 Å². The minimum Gasteiger partial charge on any atom is -0.462 e. The molecule has 2 heterocycles. The maximum atomic E-state index is 12.9. The van der Waals surface area contributed by atoms with Crippen molar-refractivity contribution in [3.63, 3.8) is 0 Å². The fraction of sp³-hybridized carbons (Fsp3) is 0.462. The molecule has 1 saturated heterocycles.